The van der Waals surface area contributed by atoms with Gasteiger partial charge in [-0.1, -0.05) is 30.3 Å². The fourth-order valence-electron chi connectivity index (χ4n) is 2.47. The third-order valence-corrected chi connectivity index (χ3v) is 4.95. The first-order chi connectivity index (χ1) is 13.4. The molecule has 8 heteroatoms. The van der Waals surface area contributed by atoms with E-state index in [2.05, 4.69) is 15.6 Å². The molecule has 0 radical (unpaired) electrons. The van der Waals surface area contributed by atoms with Gasteiger partial charge in [-0.2, -0.15) is 0 Å². The number of nitrogens with zero attached hydrogens (tertiary/aromatic N) is 1. The van der Waals surface area contributed by atoms with Crippen LogP contribution in [0.1, 0.15) is 25.8 Å². The lowest BCUT2D eigenvalue weighted by molar-refractivity contribution is 0.482. The highest BCUT2D eigenvalue weighted by atomic mass is 127. The Balaban J connectivity index is 0.00000420. The number of sulfone groups is 1. The number of ether oxygens (including phenoxy) is 1. The Morgan fingerprint density at radius 1 is 1.07 bits per heavy atom. The van der Waals surface area contributed by atoms with Crippen LogP contribution in [-0.2, 0) is 16.4 Å². The van der Waals surface area contributed by atoms with Crippen molar-refractivity contribution in [3.8, 4) is 11.5 Å². The third-order valence-electron chi connectivity index (χ3n) is 3.97. The minimum absolute atomic E-state index is 0. The van der Waals surface area contributed by atoms with Crippen molar-refractivity contribution < 1.29 is 13.2 Å². The minimum Gasteiger partial charge on any atom is -0.457 e. The number of aliphatic imine (C=N–C) groups is 1. The van der Waals surface area contributed by atoms with Gasteiger partial charge in [-0.25, -0.2) is 13.4 Å². The molecule has 2 aromatic rings. The maximum Gasteiger partial charge on any atom is 0.191 e. The summed E-state index contributed by atoms with van der Waals surface area (Å²) in [6, 6.07) is 17.5. The molecule has 29 heavy (non-hydrogen) atoms. The molecule has 2 N–H and O–H groups in total. The van der Waals surface area contributed by atoms with E-state index in [1.807, 2.05) is 68.4 Å². The van der Waals surface area contributed by atoms with Crippen LogP contribution in [0, 0.1) is 0 Å². The number of hydrogen-bond acceptors (Lipinski definition) is 4. The number of guanidine groups is 1. The lowest BCUT2D eigenvalue weighted by Crippen LogP contribution is -2.42. The van der Waals surface area contributed by atoms with Gasteiger partial charge < -0.3 is 15.4 Å². The molecule has 0 saturated carbocycles. The number of benzene rings is 2. The maximum absolute atomic E-state index is 11.3. The summed E-state index contributed by atoms with van der Waals surface area (Å²) in [7, 11) is -2.96. The molecule has 0 bridgehead atoms. The van der Waals surface area contributed by atoms with Gasteiger partial charge in [0.25, 0.3) is 0 Å². The van der Waals surface area contributed by atoms with E-state index in [1.165, 1.54) is 6.26 Å². The molecule has 160 valence electrons. The molecular formula is C21H30IN3O3S. The smallest absolute Gasteiger partial charge is 0.191 e. The number of para-hydroxylation sites is 1. The fraction of sp³-hybridized carbons (Fsp3) is 0.381. The molecule has 1 unspecified atom stereocenters. The van der Waals surface area contributed by atoms with Gasteiger partial charge in [-0.15, -0.1) is 24.0 Å². The van der Waals surface area contributed by atoms with Crippen LogP contribution in [0.25, 0.3) is 0 Å². The molecule has 2 rings (SSSR count). The Morgan fingerprint density at radius 3 is 2.28 bits per heavy atom. The average molecular weight is 531 g/mol. The second-order valence-electron chi connectivity index (χ2n) is 6.72. The monoisotopic (exact) mass is 531 g/mol. The summed E-state index contributed by atoms with van der Waals surface area (Å²) in [5.41, 5.74) is 1.06. The van der Waals surface area contributed by atoms with Crippen molar-refractivity contribution in [1.29, 1.82) is 0 Å². The van der Waals surface area contributed by atoms with Crippen molar-refractivity contribution in [3.63, 3.8) is 0 Å². The summed E-state index contributed by atoms with van der Waals surface area (Å²) < 4.78 is 28.4. The predicted octanol–water partition coefficient (Wildman–Crippen LogP) is 3.98. The van der Waals surface area contributed by atoms with Gasteiger partial charge in [0.1, 0.15) is 21.3 Å². The summed E-state index contributed by atoms with van der Waals surface area (Å²) in [4.78, 5) is 4.59. The van der Waals surface area contributed by atoms with Crippen molar-refractivity contribution in [2.45, 2.75) is 32.9 Å². The maximum atomic E-state index is 11.3. The largest absolute Gasteiger partial charge is 0.457 e. The van der Waals surface area contributed by atoms with Crippen LogP contribution in [-0.4, -0.2) is 39.0 Å². The molecule has 0 aliphatic heterocycles. The van der Waals surface area contributed by atoms with Crippen LogP contribution in [0.3, 0.4) is 0 Å². The van der Waals surface area contributed by atoms with E-state index in [-0.39, 0.29) is 35.8 Å². The Morgan fingerprint density at radius 2 is 1.69 bits per heavy atom. The molecule has 6 nitrogen and oxygen atoms in total. The molecule has 0 aliphatic rings. The second kappa shape index (κ2) is 12.7. The summed E-state index contributed by atoms with van der Waals surface area (Å²) in [6.07, 6.45) is 1.79. The molecule has 0 amide bonds. The number of hydrogen-bond donors (Lipinski definition) is 2. The predicted molar refractivity (Wildman–Crippen MR) is 130 cm³/mol. The first-order valence-corrected chi connectivity index (χ1v) is 11.5. The quantitative estimate of drug-likeness (QED) is 0.291. The van der Waals surface area contributed by atoms with Gasteiger partial charge in [0.05, 0.1) is 12.3 Å². The molecular weight excluding hydrogens is 501 g/mol. The highest BCUT2D eigenvalue weighted by Crippen LogP contribution is 2.21. The SMILES string of the molecule is CCNC(=NCc1ccc(Oc2ccccc2)cc1)NC(C)CCS(C)(=O)=O.I. The Hall–Kier alpha value is -1.81. The van der Waals surface area contributed by atoms with E-state index in [4.69, 9.17) is 4.74 Å². The van der Waals surface area contributed by atoms with Crippen LogP contribution < -0.4 is 15.4 Å². The van der Waals surface area contributed by atoms with Crippen molar-refractivity contribution >= 4 is 39.8 Å². The van der Waals surface area contributed by atoms with E-state index in [0.717, 1.165) is 23.6 Å². The Bertz CT molecular complexity index is 856. The fourth-order valence-corrected chi connectivity index (χ4v) is 3.26. The summed E-state index contributed by atoms with van der Waals surface area (Å²) in [5, 5.41) is 6.44. The van der Waals surface area contributed by atoms with Crippen LogP contribution in [0.4, 0.5) is 0 Å². The molecule has 0 saturated heterocycles. The lowest BCUT2D eigenvalue weighted by atomic mass is 10.2. The van der Waals surface area contributed by atoms with Gasteiger partial charge in [0.15, 0.2) is 5.96 Å². The van der Waals surface area contributed by atoms with Crippen molar-refractivity contribution in [3.05, 3.63) is 60.2 Å². The molecule has 0 aliphatic carbocycles. The van der Waals surface area contributed by atoms with Gasteiger partial charge in [0.2, 0.25) is 0 Å². The highest BCUT2D eigenvalue weighted by molar-refractivity contribution is 14.0. The topological polar surface area (TPSA) is 79.8 Å². The zero-order chi connectivity index (χ0) is 20.4. The molecule has 0 aromatic heterocycles. The normalized spacial score (nSPS) is 12.6. The van der Waals surface area contributed by atoms with E-state index in [9.17, 15) is 8.42 Å². The Labute approximate surface area is 191 Å². The first kappa shape index (κ1) is 25.2. The van der Waals surface area contributed by atoms with Crippen molar-refractivity contribution in [2.24, 2.45) is 4.99 Å². The number of rotatable bonds is 9. The molecule has 0 heterocycles. The van der Waals surface area contributed by atoms with Crippen molar-refractivity contribution in [2.75, 3.05) is 18.6 Å². The zero-order valence-corrected chi connectivity index (χ0v) is 20.2. The van der Waals surface area contributed by atoms with Crippen LogP contribution >= 0.6 is 24.0 Å². The standard InChI is InChI=1S/C21H29N3O3S.HI/c1-4-22-21(24-17(2)14-15-28(3,25)26)23-16-18-10-12-20(13-11-18)27-19-8-6-5-7-9-19;/h5-13,17H,4,14-16H2,1-3H3,(H2,22,23,24);1H. The minimum atomic E-state index is -2.96. The van der Waals surface area contributed by atoms with Crippen LogP contribution in [0.5, 0.6) is 11.5 Å². The summed E-state index contributed by atoms with van der Waals surface area (Å²) in [6.45, 7) is 5.19. The average Bonchev–Trinajstić information content (AvgIpc) is 2.66. The first-order valence-electron chi connectivity index (χ1n) is 9.40. The number of halogens is 1. The van der Waals surface area contributed by atoms with E-state index in [1.54, 1.807) is 0 Å². The van der Waals surface area contributed by atoms with Gasteiger partial charge >= 0.3 is 0 Å². The summed E-state index contributed by atoms with van der Waals surface area (Å²) in [5.74, 6) is 2.41. The van der Waals surface area contributed by atoms with E-state index >= 15 is 0 Å². The molecule has 0 spiro atoms. The number of nitrogens with one attached hydrogen (secondary N) is 2. The molecule has 0 fully saturated rings. The van der Waals surface area contributed by atoms with Gasteiger partial charge in [-0.05, 0) is 50.1 Å². The second-order valence-corrected chi connectivity index (χ2v) is 8.98. The third kappa shape index (κ3) is 10.5. The van der Waals surface area contributed by atoms with Gasteiger partial charge in [-0.3, -0.25) is 0 Å². The molecule has 1 atom stereocenters. The van der Waals surface area contributed by atoms with Crippen LogP contribution in [0.15, 0.2) is 59.6 Å². The summed E-state index contributed by atoms with van der Waals surface area (Å²) >= 11 is 0. The van der Waals surface area contributed by atoms with Crippen molar-refractivity contribution in [1.82, 2.24) is 10.6 Å². The van der Waals surface area contributed by atoms with E-state index < -0.39 is 9.84 Å². The lowest BCUT2D eigenvalue weighted by Gasteiger charge is -2.17. The van der Waals surface area contributed by atoms with Gasteiger partial charge in [0, 0.05) is 18.8 Å². The zero-order valence-electron chi connectivity index (χ0n) is 17.1. The Kier molecular flexibility index (Phi) is 11.0. The van der Waals surface area contributed by atoms with E-state index in [0.29, 0.717) is 18.9 Å². The molecule has 2 aromatic carbocycles. The van der Waals surface area contributed by atoms with Crippen LogP contribution in [0.2, 0.25) is 0 Å². The highest BCUT2D eigenvalue weighted by Gasteiger charge is 2.09.